The van der Waals surface area contributed by atoms with E-state index in [1.165, 1.54) is 16.7 Å². The van der Waals surface area contributed by atoms with Gasteiger partial charge in [-0.3, -0.25) is 0 Å². The van der Waals surface area contributed by atoms with Gasteiger partial charge in [0, 0.05) is 10.1 Å². The second-order valence-electron chi connectivity index (χ2n) is 2.46. The van der Waals surface area contributed by atoms with E-state index in [0.717, 1.165) is 0 Å². The summed E-state index contributed by atoms with van der Waals surface area (Å²) in [5, 5.41) is 10.9. The number of benzene rings is 1. The van der Waals surface area contributed by atoms with Gasteiger partial charge in [0.2, 0.25) is 0 Å². The van der Waals surface area contributed by atoms with Crippen molar-refractivity contribution in [1.82, 2.24) is 0 Å². The molecule has 0 fully saturated rings. The van der Waals surface area contributed by atoms with Gasteiger partial charge in [0.15, 0.2) is 0 Å². The zero-order valence-corrected chi connectivity index (χ0v) is 6.86. The third-order valence-electron chi connectivity index (χ3n) is 1.70. The van der Waals surface area contributed by atoms with Crippen molar-refractivity contribution in [3.63, 3.8) is 0 Å². The minimum absolute atomic E-state index is 0.161. The summed E-state index contributed by atoms with van der Waals surface area (Å²) in [4.78, 5) is 0. The van der Waals surface area contributed by atoms with E-state index in [1.807, 2.05) is 0 Å². The van der Waals surface area contributed by atoms with Crippen molar-refractivity contribution in [3.05, 3.63) is 23.3 Å². The monoisotopic (exact) mass is 183 g/mol. The molecule has 0 spiro atoms. The molecule has 0 bridgehead atoms. The molecule has 2 aromatic rings. The van der Waals surface area contributed by atoms with E-state index < -0.39 is 5.82 Å². The Morgan fingerprint density at radius 1 is 1.42 bits per heavy atom. The maximum atomic E-state index is 13.0. The molecule has 3 N–H and O–H groups in total. The Morgan fingerprint density at radius 3 is 2.92 bits per heavy atom. The number of rotatable bonds is 0. The molecule has 0 saturated carbocycles. The fourth-order valence-corrected chi connectivity index (χ4v) is 1.90. The predicted molar refractivity (Wildman–Crippen MR) is 47.9 cm³/mol. The highest BCUT2D eigenvalue weighted by Crippen LogP contribution is 2.35. The molecule has 0 aliphatic rings. The second-order valence-corrected chi connectivity index (χ2v) is 3.37. The van der Waals surface area contributed by atoms with Crippen molar-refractivity contribution in [2.45, 2.75) is 0 Å². The van der Waals surface area contributed by atoms with E-state index >= 15 is 0 Å². The zero-order valence-electron chi connectivity index (χ0n) is 6.04. The largest absolute Gasteiger partial charge is 0.505 e. The molecule has 62 valence electrons. The maximum absolute atomic E-state index is 13.0. The van der Waals surface area contributed by atoms with Crippen LogP contribution in [-0.4, -0.2) is 5.11 Å². The van der Waals surface area contributed by atoms with Crippen LogP contribution < -0.4 is 5.73 Å². The number of nitrogen functional groups attached to an aromatic ring is 1. The second kappa shape index (κ2) is 2.35. The molecule has 2 nitrogen and oxygen atoms in total. The average molecular weight is 183 g/mol. The van der Waals surface area contributed by atoms with Gasteiger partial charge < -0.3 is 10.8 Å². The van der Waals surface area contributed by atoms with Gasteiger partial charge in [-0.05, 0) is 12.1 Å². The summed E-state index contributed by atoms with van der Waals surface area (Å²) in [5.41, 5.74) is 5.61. The molecule has 12 heavy (non-hydrogen) atoms. The van der Waals surface area contributed by atoms with Gasteiger partial charge in [0.1, 0.15) is 11.6 Å². The number of nitrogens with two attached hydrogens (primary N) is 1. The first-order valence-electron chi connectivity index (χ1n) is 3.34. The van der Waals surface area contributed by atoms with Crippen molar-refractivity contribution in [1.29, 1.82) is 0 Å². The number of halogens is 1. The van der Waals surface area contributed by atoms with Crippen LogP contribution in [0, 0.1) is 5.82 Å². The molecule has 0 atom stereocenters. The highest BCUT2D eigenvalue weighted by Gasteiger charge is 2.09. The molecule has 0 aliphatic carbocycles. The van der Waals surface area contributed by atoms with Gasteiger partial charge in [-0.25, -0.2) is 4.39 Å². The summed E-state index contributed by atoms with van der Waals surface area (Å²) < 4.78 is 13.7. The first kappa shape index (κ1) is 7.36. The number of thiophene rings is 1. The van der Waals surface area contributed by atoms with Crippen molar-refractivity contribution in [3.8, 4) is 5.75 Å². The Hall–Kier alpha value is -1.29. The van der Waals surface area contributed by atoms with E-state index in [9.17, 15) is 9.50 Å². The van der Waals surface area contributed by atoms with Crippen molar-refractivity contribution >= 4 is 27.1 Å². The molecule has 0 radical (unpaired) electrons. The quantitative estimate of drug-likeness (QED) is 0.486. The minimum atomic E-state index is -0.417. The molecule has 4 heteroatoms. The van der Waals surface area contributed by atoms with Crippen LogP contribution in [0.25, 0.3) is 10.1 Å². The fourth-order valence-electron chi connectivity index (χ4n) is 1.09. The van der Waals surface area contributed by atoms with E-state index in [-0.39, 0.29) is 16.8 Å². The van der Waals surface area contributed by atoms with Crippen molar-refractivity contribution < 1.29 is 9.50 Å². The Bertz CT molecular complexity index is 438. The summed E-state index contributed by atoms with van der Waals surface area (Å²) in [7, 11) is 0. The van der Waals surface area contributed by atoms with Gasteiger partial charge in [-0.15, -0.1) is 11.3 Å². The molecule has 0 amide bonds. The van der Waals surface area contributed by atoms with Crippen LogP contribution in [0.5, 0.6) is 5.75 Å². The molecular formula is C8H6FNOS. The summed E-state index contributed by atoms with van der Waals surface area (Å²) in [5.74, 6) is -0.578. The lowest BCUT2D eigenvalue weighted by atomic mass is 10.2. The number of aromatic hydroxyl groups is 1. The van der Waals surface area contributed by atoms with E-state index in [2.05, 4.69) is 0 Å². The lowest BCUT2D eigenvalue weighted by Gasteiger charge is -1.98. The van der Waals surface area contributed by atoms with Crippen LogP contribution in [-0.2, 0) is 0 Å². The van der Waals surface area contributed by atoms with Crippen LogP contribution in [0.1, 0.15) is 0 Å². The molecule has 2 rings (SSSR count). The number of phenols is 1. The number of hydrogen-bond donors (Lipinski definition) is 2. The van der Waals surface area contributed by atoms with Crippen molar-refractivity contribution in [2.75, 3.05) is 5.73 Å². The third kappa shape index (κ3) is 0.848. The Morgan fingerprint density at radius 2 is 2.17 bits per heavy atom. The van der Waals surface area contributed by atoms with Crippen LogP contribution >= 0.6 is 11.3 Å². The van der Waals surface area contributed by atoms with Gasteiger partial charge >= 0.3 is 0 Å². The number of fused-ring (bicyclic) bond motifs is 1. The number of hydrogen-bond acceptors (Lipinski definition) is 3. The normalized spacial score (nSPS) is 10.8. The Balaban J connectivity index is 2.96. The minimum Gasteiger partial charge on any atom is -0.505 e. The van der Waals surface area contributed by atoms with E-state index in [4.69, 9.17) is 5.73 Å². The smallest absolute Gasteiger partial charge is 0.150 e. The lowest BCUT2D eigenvalue weighted by Crippen LogP contribution is -1.85. The van der Waals surface area contributed by atoms with Crippen LogP contribution in [0.4, 0.5) is 10.1 Å². The average Bonchev–Trinajstić information content (AvgIpc) is 2.41. The zero-order chi connectivity index (χ0) is 8.72. The summed E-state index contributed by atoms with van der Waals surface area (Å²) in [6, 6.07) is 3.26. The number of anilines is 1. The van der Waals surface area contributed by atoms with Crippen LogP contribution in [0.15, 0.2) is 17.5 Å². The fraction of sp³-hybridized carbons (Fsp3) is 0. The van der Waals surface area contributed by atoms with E-state index in [0.29, 0.717) is 4.70 Å². The summed E-state index contributed by atoms with van der Waals surface area (Å²) in [6.45, 7) is 0. The van der Waals surface area contributed by atoms with Gasteiger partial charge in [-0.2, -0.15) is 0 Å². The van der Waals surface area contributed by atoms with Gasteiger partial charge in [-0.1, -0.05) is 0 Å². The molecule has 0 saturated heterocycles. The third-order valence-corrected chi connectivity index (χ3v) is 2.62. The molecular weight excluding hydrogens is 177 g/mol. The molecule has 1 aromatic carbocycles. The molecule has 1 aromatic heterocycles. The highest BCUT2D eigenvalue weighted by molar-refractivity contribution is 7.17. The summed E-state index contributed by atoms with van der Waals surface area (Å²) >= 11 is 1.25. The molecule has 0 unspecified atom stereocenters. The highest BCUT2D eigenvalue weighted by atomic mass is 32.1. The SMILES string of the molecule is Nc1ccc2scc(F)c2c1O. The molecule has 1 heterocycles. The van der Waals surface area contributed by atoms with Crippen molar-refractivity contribution in [2.24, 2.45) is 0 Å². The first-order valence-corrected chi connectivity index (χ1v) is 4.22. The van der Waals surface area contributed by atoms with Crippen LogP contribution in [0.3, 0.4) is 0 Å². The standard InChI is InChI=1S/C8H6FNOS/c9-4-3-12-6-2-1-5(10)8(11)7(4)6/h1-3,11H,10H2. The maximum Gasteiger partial charge on any atom is 0.150 e. The lowest BCUT2D eigenvalue weighted by molar-refractivity contribution is 0.481. The number of phenolic OH excluding ortho intramolecular Hbond substituents is 1. The van der Waals surface area contributed by atoms with Gasteiger partial charge in [0.05, 0.1) is 11.1 Å². The Labute approximate surface area is 72.1 Å². The first-order chi connectivity index (χ1) is 5.70. The topological polar surface area (TPSA) is 46.2 Å². The molecule has 0 aliphatic heterocycles. The predicted octanol–water partition coefficient (Wildman–Crippen LogP) is 2.33. The summed E-state index contributed by atoms with van der Waals surface area (Å²) in [6.07, 6.45) is 0. The Kier molecular flexibility index (Phi) is 1.44. The van der Waals surface area contributed by atoms with E-state index in [1.54, 1.807) is 12.1 Å². The van der Waals surface area contributed by atoms with Gasteiger partial charge in [0.25, 0.3) is 0 Å². The van der Waals surface area contributed by atoms with Crippen LogP contribution in [0.2, 0.25) is 0 Å².